The molecule has 0 aliphatic rings. The van der Waals surface area contributed by atoms with E-state index in [9.17, 15) is 30.8 Å². The maximum Gasteiger partial charge on any atom is 0.416 e. The zero-order valence-corrected chi connectivity index (χ0v) is 19.8. The third-order valence-electron chi connectivity index (χ3n) is 4.85. The van der Waals surface area contributed by atoms with Gasteiger partial charge in [0.2, 0.25) is 5.91 Å². The van der Waals surface area contributed by atoms with Crippen molar-refractivity contribution < 1.29 is 39.7 Å². The largest absolute Gasteiger partial charge is 0.497 e. The average Bonchev–Trinajstić information content (AvgIpc) is 2.82. The van der Waals surface area contributed by atoms with Crippen LogP contribution in [0.5, 0.6) is 11.5 Å². The van der Waals surface area contributed by atoms with Crippen molar-refractivity contribution in [2.24, 2.45) is 5.10 Å². The van der Waals surface area contributed by atoms with E-state index < -0.39 is 44.2 Å². The molecule has 0 saturated carbocycles. The molecule has 3 rings (SSSR count). The first kappa shape index (κ1) is 26.7. The number of hydrazone groups is 1. The SMILES string of the molecule is COc1cccc(CC(=O)N/N=C(\C)c2ccc(F)cc2OS(=O)(=O)c2ccc(C(F)(F)F)cc2)c1. The minimum atomic E-state index is -4.65. The Hall–Kier alpha value is -3.93. The number of benzene rings is 3. The molecular formula is C24H20F4N2O5S. The topological polar surface area (TPSA) is 94.1 Å². The average molecular weight is 524 g/mol. The highest BCUT2D eigenvalue weighted by atomic mass is 32.2. The zero-order chi connectivity index (χ0) is 26.5. The number of hydrogen-bond acceptors (Lipinski definition) is 6. The highest BCUT2D eigenvalue weighted by molar-refractivity contribution is 7.87. The van der Waals surface area contributed by atoms with Crippen molar-refractivity contribution in [3.05, 3.63) is 89.2 Å². The summed E-state index contributed by atoms with van der Waals surface area (Å²) in [4.78, 5) is 11.7. The van der Waals surface area contributed by atoms with Gasteiger partial charge < -0.3 is 8.92 Å². The van der Waals surface area contributed by atoms with E-state index in [1.54, 1.807) is 24.3 Å². The first-order valence-electron chi connectivity index (χ1n) is 10.3. The summed E-state index contributed by atoms with van der Waals surface area (Å²) in [5, 5.41) is 3.93. The van der Waals surface area contributed by atoms with E-state index in [1.165, 1.54) is 20.1 Å². The van der Waals surface area contributed by atoms with Gasteiger partial charge in [-0.15, -0.1) is 0 Å². The molecule has 0 aliphatic carbocycles. The van der Waals surface area contributed by atoms with Crippen LogP contribution in [0.4, 0.5) is 17.6 Å². The molecule has 36 heavy (non-hydrogen) atoms. The number of carbonyl (C=O) groups is 1. The Morgan fingerprint density at radius 1 is 1.03 bits per heavy atom. The van der Waals surface area contributed by atoms with E-state index in [0.29, 0.717) is 23.4 Å². The maximum absolute atomic E-state index is 13.9. The van der Waals surface area contributed by atoms with Crippen LogP contribution in [0.3, 0.4) is 0 Å². The second kappa shape index (κ2) is 10.8. The molecule has 0 atom stereocenters. The van der Waals surface area contributed by atoms with Gasteiger partial charge in [-0.1, -0.05) is 12.1 Å². The maximum atomic E-state index is 13.9. The normalized spacial score (nSPS) is 12.2. The summed E-state index contributed by atoms with van der Waals surface area (Å²) in [6.07, 6.45) is -4.67. The van der Waals surface area contributed by atoms with Gasteiger partial charge in [0, 0.05) is 11.6 Å². The lowest BCUT2D eigenvalue weighted by molar-refractivity contribution is -0.137. The van der Waals surface area contributed by atoms with E-state index in [0.717, 1.165) is 24.3 Å². The number of carbonyl (C=O) groups excluding carboxylic acids is 1. The van der Waals surface area contributed by atoms with Crippen molar-refractivity contribution in [2.75, 3.05) is 7.11 Å². The standard InChI is InChI=1S/C24H20F4N2O5S/c1-15(29-30-23(31)13-16-4-3-5-19(12-16)34-2)21-11-8-18(25)14-22(21)35-36(32,33)20-9-6-17(7-10-20)24(26,27)28/h3-12,14H,13H2,1-2H3,(H,30,31)/b29-15+. The van der Waals surface area contributed by atoms with Gasteiger partial charge in [0.05, 0.1) is 24.8 Å². The van der Waals surface area contributed by atoms with Crippen molar-refractivity contribution >= 4 is 21.7 Å². The monoisotopic (exact) mass is 524 g/mol. The van der Waals surface area contributed by atoms with Crippen LogP contribution in [-0.4, -0.2) is 27.1 Å². The van der Waals surface area contributed by atoms with Crippen molar-refractivity contribution in [1.29, 1.82) is 0 Å². The minimum Gasteiger partial charge on any atom is -0.497 e. The number of methoxy groups -OCH3 is 1. The highest BCUT2D eigenvalue weighted by Gasteiger charge is 2.31. The molecule has 190 valence electrons. The number of alkyl halides is 3. The summed E-state index contributed by atoms with van der Waals surface area (Å²) < 4.78 is 87.5. The molecule has 3 aromatic carbocycles. The molecule has 1 N–H and O–H groups in total. The second-order valence-electron chi connectivity index (χ2n) is 7.46. The second-order valence-corrected chi connectivity index (χ2v) is 9.01. The van der Waals surface area contributed by atoms with Crippen LogP contribution in [0, 0.1) is 5.82 Å². The summed E-state index contributed by atoms with van der Waals surface area (Å²) in [5.41, 5.74) is 2.07. The molecular weight excluding hydrogens is 504 g/mol. The van der Waals surface area contributed by atoms with Gasteiger partial charge in [-0.25, -0.2) is 9.82 Å². The predicted molar refractivity (Wildman–Crippen MR) is 123 cm³/mol. The summed E-state index contributed by atoms with van der Waals surface area (Å²) in [6, 6.07) is 12.5. The van der Waals surface area contributed by atoms with Crippen LogP contribution in [0.1, 0.15) is 23.6 Å². The van der Waals surface area contributed by atoms with Gasteiger partial charge in [0.25, 0.3) is 0 Å². The van der Waals surface area contributed by atoms with Gasteiger partial charge in [-0.05, 0) is 61.0 Å². The van der Waals surface area contributed by atoms with Crippen LogP contribution in [0.25, 0.3) is 0 Å². The summed E-state index contributed by atoms with van der Waals surface area (Å²) >= 11 is 0. The molecule has 0 fully saturated rings. The molecule has 0 heterocycles. The van der Waals surface area contributed by atoms with Crippen molar-refractivity contribution in [1.82, 2.24) is 5.43 Å². The summed E-state index contributed by atoms with van der Waals surface area (Å²) in [6.45, 7) is 1.43. The van der Waals surface area contributed by atoms with Crippen molar-refractivity contribution in [3.63, 3.8) is 0 Å². The number of rotatable bonds is 8. The number of hydrogen-bond donors (Lipinski definition) is 1. The van der Waals surface area contributed by atoms with Crippen LogP contribution in [0.15, 0.2) is 76.7 Å². The van der Waals surface area contributed by atoms with E-state index in [-0.39, 0.29) is 17.7 Å². The molecule has 0 bridgehead atoms. The number of halogens is 4. The fourth-order valence-electron chi connectivity index (χ4n) is 3.05. The van der Waals surface area contributed by atoms with Gasteiger partial charge in [-0.2, -0.15) is 26.7 Å². The predicted octanol–water partition coefficient (Wildman–Crippen LogP) is 4.70. The van der Waals surface area contributed by atoms with Gasteiger partial charge in [0.1, 0.15) is 16.5 Å². The van der Waals surface area contributed by atoms with Gasteiger partial charge in [-0.3, -0.25) is 4.79 Å². The summed E-state index contributed by atoms with van der Waals surface area (Å²) in [5.74, 6) is -1.20. The highest BCUT2D eigenvalue weighted by Crippen LogP contribution is 2.31. The zero-order valence-electron chi connectivity index (χ0n) is 19.0. The Balaban J connectivity index is 1.79. The van der Waals surface area contributed by atoms with Crippen molar-refractivity contribution in [3.8, 4) is 11.5 Å². The fourth-order valence-corrected chi connectivity index (χ4v) is 3.99. The number of nitrogens with one attached hydrogen (secondary N) is 1. The summed E-state index contributed by atoms with van der Waals surface area (Å²) in [7, 11) is -3.12. The Morgan fingerprint density at radius 2 is 1.72 bits per heavy atom. The van der Waals surface area contributed by atoms with E-state index in [4.69, 9.17) is 8.92 Å². The smallest absolute Gasteiger partial charge is 0.416 e. The lowest BCUT2D eigenvalue weighted by Crippen LogP contribution is -2.21. The third-order valence-corrected chi connectivity index (χ3v) is 6.10. The van der Waals surface area contributed by atoms with Crippen LogP contribution in [0.2, 0.25) is 0 Å². The Bertz CT molecular complexity index is 1390. The van der Waals surface area contributed by atoms with Gasteiger partial charge in [0.15, 0.2) is 5.75 Å². The van der Waals surface area contributed by atoms with E-state index >= 15 is 0 Å². The molecule has 0 aliphatic heterocycles. The molecule has 0 radical (unpaired) electrons. The molecule has 7 nitrogen and oxygen atoms in total. The van der Waals surface area contributed by atoms with Crippen LogP contribution in [-0.2, 0) is 27.5 Å². The first-order valence-corrected chi connectivity index (χ1v) is 11.7. The Morgan fingerprint density at radius 3 is 2.36 bits per heavy atom. The lowest BCUT2D eigenvalue weighted by Gasteiger charge is -2.13. The van der Waals surface area contributed by atoms with Crippen LogP contribution >= 0.6 is 0 Å². The minimum absolute atomic E-state index is 0.0247. The quantitative estimate of drug-likeness (QED) is 0.200. The molecule has 12 heteroatoms. The fraction of sp³-hybridized carbons (Fsp3) is 0.167. The van der Waals surface area contributed by atoms with Crippen molar-refractivity contribution in [2.45, 2.75) is 24.4 Å². The van der Waals surface area contributed by atoms with Crippen LogP contribution < -0.4 is 14.3 Å². The number of ether oxygens (including phenoxy) is 1. The number of nitrogens with zero attached hydrogens (tertiary/aromatic N) is 1. The molecule has 0 aromatic heterocycles. The van der Waals surface area contributed by atoms with E-state index in [1.807, 2.05) is 0 Å². The molecule has 0 unspecified atom stereocenters. The number of amides is 1. The Labute approximate surface area is 204 Å². The first-order chi connectivity index (χ1) is 16.9. The molecule has 3 aromatic rings. The molecule has 0 spiro atoms. The Kier molecular flexibility index (Phi) is 7.98. The molecule has 0 saturated heterocycles. The van der Waals surface area contributed by atoms with Gasteiger partial charge >= 0.3 is 16.3 Å². The third kappa shape index (κ3) is 6.81. The van der Waals surface area contributed by atoms with E-state index in [2.05, 4.69) is 10.5 Å². The lowest BCUT2D eigenvalue weighted by atomic mass is 10.1. The molecule has 1 amide bonds.